The molecule has 1 unspecified atom stereocenters. The molecule has 0 aliphatic heterocycles. The Morgan fingerprint density at radius 1 is 1.27 bits per heavy atom. The second kappa shape index (κ2) is 5.14. The van der Waals surface area contributed by atoms with Gasteiger partial charge < -0.3 is 11.1 Å². The van der Waals surface area contributed by atoms with Crippen LogP contribution in [0.1, 0.15) is 12.5 Å². The van der Waals surface area contributed by atoms with Gasteiger partial charge in [-0.2, -0.15) is 0 Å². The van der Waals surface area contributed by atoms with Crippen LogP contribution in [0.5, 0.6) is 0 Å². The van der Waals surface area contributed by atoms with Crippen molar-refractivity contribution >= 4 is 0 Å². The van der Waals surface area contributed by atoms with Crippen LogP contribution >= 0.6 is 0 Å². The lowest BCUT2D eigenvalue weighted by Gasteiger charge is -2.12. The van der Waals surface area contributed by atoms with E-state index in [1.807, 2.05) is 0 Å². The Morgan fingerprint density at radius 3 is 2.27 bits per heavy atom. The maximum Gasteiger partial charge on any atom is 0.133 e. The van der Waals surface area contributed by atoms with Crippen molar-refractivity contribution in [2.75, 3.05) is 6.54 Å². The number of hydrogen-bond donors (Lipinski definition) is 2. The highest BCUT2D eigenvalue weighted by molar-refractivity contribution is 5.20. The largest absolute Gasteiger partial charge is 0.329 e. The molecule has 15 heavy (non-hydrogen) atoms. The molecule has 0 aliphatic rings. The predicted molar refractivity (Wildman–Crippen MR) is 51.7 cm³/mol. The number of nitrogens with two attached hydrogens (primary N) is 1. The first-order valence-corrected chi connectivity index (χ1v) is 4.61. The smallest absolute Gasteiger partial charge is 0.133 e. The summed E-state index contributed by atoms with van der Waals surface area (Å²) >= 11 is 0. The summed E-state index contributed by atoms with van der Waals surface area (Å²) in [6.45, 7) is 2.15. The van der Waals surface area contributed by atoms with E-state index >= 15 is 0 Å². The molecule has 1 rings (SSSR count). The molecule has 1 atom stereocenters. The minimum atomic E-state index is -0.916. The average molecular weight is 218 g/mol. The third kappa shape index (κ3) is 3.21. The lowest BCUT2D eigenvalue weighted by molar-refractivity contribution is 0.490. The number of benzene rings is 1. The molecular formula is C10H13F3N2. The molecule has 5 heteroatoms. The maximum absolute atomic E-state index is 13.1. The Labute approximate surface area is 86.3 Å². The number of rotatable bonds is 4. The van der Waals surface area contributed by atoms with Gasteiger partial charge in [0.25, 0.3) is 0 Å². The lowest BCUT2D eigenvalue weighted by Crippen LogP contribution is -2.33. The number of nitrogens with one attached hydrogen (secondary N) is 1. The quantitative estimate of drug-likeness (QED) is 0.804. The second-order valence-corrected chi connectivity index (χ2v) is 3.37. The van der Waals surface area contributed by atoms with E-state index in [2.05, 4.69) is 5.32 Å². The van der Waals surface area contributed by atoms with Gasteiger partial charge in [0, 0.05) is 36.8 Å². The van der Waals surface area contributed by atoms with Crippen LogP contribution in [0.25, 0.3) is 0 Å². The van der Waals surface area contributed by atoms with Crippen molar-refractivity contribution in [3.63, 3.8) is 0 Å². The maximum atomic E-state index is 13.1. The summed E-state index contributed by atoms with van der Waals surface area (Å²) in [5.74, 6) is -2.69. The molecule has 3 N–H and O–H groups in total. The lowest BCUT2D eigenvalue weighted by atomic mass is 10.2. The zero-order chi connectivity index (χ0) is 11.4. The van der Waals surface area contributed by atoms with E-state index < -0.39 is 17.5 Å². The Balaban J connectivity index is 2.77. The average Bonchev–Trinajstić information content (AvgIpc) is 2.15. The Bertz CT molecular complexity index is 318. The summed E-state index contributed by atoms with van der Waals surface area (Å²) in [6.07, 6.45) is 0. The minimum absolute atomic E-state index is 0.00366. The first kappa shape index (κ1) is 12.0. The molecule has 0 aromatic heterocycles. The van der Waals surface area contributed by atoms with Gasteiger partial charge in [0.15, 0.2) is 0 Å². The summed E-state index contributed by atoms with van der Waals surface area (Å²) in [5.41, 5.74) is 5.16. The fourth-order valence-corrected chi connectivity index (χ4v) is 1.10. The zero-order valence-corrected chi connectivity index (χ0v) is 8.36. The molecule has 0 saturated heterocycles. The minimum Gasteiger partial charge on any atom is -0.329 e. The van der Waals surface area contributed by atoms with E-state index in [4.69, 9.17) is 5.73 Å². The molecule has 0 heterocycles. The van der Waals surface area contributed by atoms with Crippen LogP contribution in [0.15, 0.2) is 12.1 Å². The van der Waals surface area contributed by atoms with E-state index in [9.17, 15) is 13.2 Å². The normalized spacial score (nSPS) is 12.9. The van der Waals surface area contributed by atoms with Gasteiger partial charge in [-0.05, 0) is 6.92 Å². The first-order chi connectivity index (χ1) is 7.04. The first-order valence-electron chi connectivity index (χ1n) is 4.61. The standard InChI is InChI=1S/C10H13F3N2/c1-6(4-14)15-5-8-9(12)2-7(11)3-10(8)13/h2-3,6,15H,4-5,14H2,1H3. The molecule has 0 spiro atoms. The molecule has 0 bridgehead atoms. The highest BCUT2D eigenvalue weighted by Crippen LogP contribution is 2.14. The van der Waals surface area contributed by atoms with Crippen molar-refractivity contribution in [3.8, 4) is 0 Å². The monoisotopic (exact) mass is 218 g/mol. The highest BCUT2D eigenvalue weighted by atomic mass is 19.1. The Hall–Kier alpha value is -1.07. The van der Waals surface area contributed by atoms with Gasteiger partial charge in [-0.3, -0.25) is 0 Å². The predicted octanol–water partition coefficient (Wildman–Crippen LogP) is 1.54. The molecule has 0 radical (unpaired) electrons. The summed E-state index contributed by atoms with van der Waals surface area (Å²) in [5, 5.41) is 2.82. The molecule has 84 valence electrons. The summed E-state index contributed by atoms with van der Waals surface area (Å²) in [4.78, 5) is 0. The van der Waals surface area contributed by atoms with Crippen molar-refractivity contribution < 1.29 is 13.2 Å². The van der Waals surface area contributed by atoms with Gasteiger partial charge in [-0.1, -0.05) is 0 Å². The third-order valence-electron chi connectivity index (χ3n) is 2.09. The molecule has 0 saturated carbocycles. The zero-order valence-electron chi connectivity index (χ0n) is 8.36. The molecule has 1 aromatic carbocycles. The Morgan fingerprint density at radius 2 is 1.80 bits per heavy atom. The van der Waals surface area contributed by atoms with Crippen LogP contribution in [-0.2, 0) is 6.54 Å². The molecule has 2 nitrogen and oxygen atoms in total. The van der Waals surface area contributed by atoms with Gasteiger partial charge in [-0.15, -0.1) is 0 Å². The van der Waals surface area contributed by atoms with Crippen molar-refractivity contribution in [2.45, 2.75) is 19.5 Å². The van der Waals surface area contributed by atoms with E-state index in [-0.39, 0.29) is 18.2 Å². The van der Waals surface area contributed by atoms with E-state index in [0.29, 0.717) is 18.7 Å². The molecular weight excluding hydrogens is 205 g/mol. The molecule has 1 aromatic rings. The van der Waals surface area contributed by atoms with E-state index in [1.54, 1.807) is 6.92 Å². The van der Waals surface area contributed by atoms with Crippen LogP contribution in [-0.4, -0.2) is 12.6 Å². The highest BCUT2D eigenvalue weighted by Gasteiger charge is 2.11. The molecule has 0 amide bonds. The molecule has 0 aliphatic carbocycles. The molecule has 0 fully saturated rings. The SMILES string of the molecule is CC(CN)NCc1c(F)cc(F)cc1F. The Kier molecular flexibility index (Phi) is 4.11. The van der Waals surface area contributed by atoms with Crippen molar-refractivity contribution in [2.24, 2.45) is 5.73 Å². The van der Waals surface area contributed by atoms with Crippen LogP contribution in [0.4, 0.5) is 13.2 Å². The van der Waals surface area contributed by atoms with Crippen molar-refractivity contribution in [1.82, 2.24) is 5.32 Å². The summed E-state index contributed by atoms with van der Waals surface area (Å²) < 4.78 is 38.8. The topological polar surface area (TPSA) is 38.0 Å². The number of halogens is 3. The van der Waals surface area contributed by atoms with E-state index in [1.165, 1.54) is 0 Å². The van der Waals surface area contributed by atoms with Crippen LogP contribution in [0.3, 0.4) is 0 Å². The fraction of sp³-hybridized carbons (Fsp3) is 0.400. The van der Waals surface area contributed by atoms with Gasteiger partial charge in [-0.25, -0.2) is 13.2 Å². The van der Waals surface area contributed by atoms with Crippen LogP contribution in [0.2, 0.25) is 0 Å². The second-order valence-electron chi connectivity index (χ2n) is 3.37. The van der Waals surface area contributed by atoms with Crippen molar-refractivity contribution in [3.05, 3.63) is 35.1 Å². The van der Waals surface area contributed by atoms with E-state index in [0.717, 1.165) is 0 Å². The van der Waals surface area contributed by atoms with Crippen LogP contribution in [0, 0.1) is 17.5 Å². The summed E-state index contributed by atoms with van der Waals surface area (Å²) in [6, 6.07) is 1.27. The van der Waals surface area contributed by atoms with Gasteiger partial charge in [0.2, 0.25) is 0 Å². The summed E-state index contributed by atoms with van der Waals surface area (Å²) in [7, 11) is 0. The van der Waals surface area contributed by atoms with Crippen LogP contribution < -0.4 is 11.1 Å². The number of hydrogen-bond acceptors (Lipinski definition) is 2. The van der Waals surface area contributed by atoms with Gasteiger partial charge in [0.05, 0.1) is 0 Å². The van der Waals surface area contributed by atoms with Gasteiger partial charge in [0.1, 0.15) is 17.5 Å². The third-order valence-corrected chi connectivity index (χ3v) is 2.09. The van der Waals surface area contributed by atoms with Gasteiger partial charge >= 0.3 is 0 Å². The fourth-order valence-electron chi connectivity index (χ4n) is 1.10. The van der Waals surface area contributed by atoms with Crippen molar-refractivity contribution in [1.29, 1.82) is 0 Å².